The number of hydrogen-bond donors (Lipinski definition) is 1. The molecule has 1 saturated heterocycles. The zero-order chi connectivity index (χ0) is 13.3. The highest BCUT2D eigenvalue weighted by Gasteiger charge is 2.34. The Morgan fingerprint density at radius 1 is 1.56 bits per heavy atom. The summed E-state index contributed by atoms with van der Waals surface area (Å²) in [5, 5.41) is 8.66. The van der Waals surface area contributed by atoms with Gasteiger partial charge in [0.1, 0.15) is 12.6 Å². The van der Waals surface area contributed by atoms with Crippen LogP contribution < -0.4 is 5.56 Å². The molecule has 18 heavy (non-hydrogen) atoms. The molecule has 7 nitrogen and oxygen atoms in total. The van der Waals surface area contributed by atoms with Crippen LogP contribution in [0.3, 0.4) is 0 Å². The van der Waals surface area contributed by atoms with Crippen molar-refractivity contribution in [3.8, 4) is 0 Å². The Balaban J connectivity index is 2.23. The average Bonchev–Trinajstić information content (AvgIpc) is 2.60. The number of aliphatic carboxylic acids is 1. The van der Waals surface area contributed by atoms with Gasteiger partial charge < -0.3 is 10.0 Å². The van der Waals surface area contributed by atoms with Crippen LogP contribution in [-0.4, -0.2) is 44.5 Å². The molecular weight excluding hydrogens is 238 g/mol. The van der Waals surface area contributed by atoms with Crippen LogP contribution in [0.25, 0.3) is 0 Å². The molecule has 0 spiro atoms. The van der Waals surface area contributed by atoms with E-state index in [4.69, 9.17) is 5.11 Å². The summed E-state index contributed by atoms with van der Waals surface area (Å²) in [5.74, 6) is -1.40. The largest absolute Gasteiger partial charge is 0.480 e. The first kappa shape index (κ1) is 12.3. The first-order chi connectivity index (χ1) is 8.49. The maximum Gasteiger partial charge on any atom is 0.323 e. The van der Waals surface area contributed by atoms with Crippen molar-refractivity contribution in [2.45, 2.75) is 19.4 Å². The van der Waals surface area contributed by atoms with Gasteiger partial charge in [-0.15, -0.1) is 0 Å². The highest BCUT2D eigenvalue weighted by atomic mass is 16.4. The van der Waals surface area contributed by atoms with E-state index in [0.717, 1.165) is 0 Å². The lowest BCUT2D eigenvalue weighted by Crippen LogP contribution is -2.35. The van der Waals surface area contributed by atoms with E-state index in [2.05, 4.69) is 4.98 Å². The molecule has 2 heterocycles. The Bertz CT molecular complexity index is 551. The zero-order valence-corrected chi connectivity index (χ0v) is 9.87. The second kappa shape index (κ2) is 4.59. The van der Waals surface area contributed by atoms with Crippen molar-refractivity contribution in [1.82, 2.24) is 14.5 Å². The molecule has 7 heteroatoms. The third-order valence-electron chi connectivity index (χ3n) is 2.90. The lowest BCUT2D eigenvalue weighted by atomic mass is 10.2. The van der Waals surface area contributed by atoms with Crippen molar-refractivity contribution in [1.29, 1.82) is 0 Å². The number of carboxylic acid groups (broad SMARTS) is 1. The number of hydrogen-bond acceptors (Lipinski definition) is 4. The van der Waals surface area contributed by atoms with Gasteiger partial charge in [-0.25, -0.2) is 4.98 Å². The molecule has 0 radical (unpaired) electrons. The second-order valence-electron chi connectivity index (χ2n) is 4.23. The number of rotatable bonds is 3. The van der Waals surface area contributed by atoms with Gasteiger partial charge in [0.05, 0.1) is 6.33 Å². The van der Waals surface area contributed by atoms with E-state index >= 15 is 0 Å². The highest BCUT2D eigenvalue weighted by molar-refractivity contribution is 5.86. The minimum atomic E-state index is -1.06. The molecule has 1 amide bonds. The summed E-state index contributed by atoms with van der Waals surface area (Å²) in [4.78, 5) is 39.5. The van der Waals surface area contributed by atoms with E-state index in [9.17, 15) is 14.4 Å². The van der Waals surface area contributed by atoms with Gasteiger partial charge in [0.25, 0.3) is 5.56 Å². The maximum atomic E-state index is 12.0. The summed E-state index contributed by atoms with van der Waals surface area (Å²) >= 11 is 0. The van der Waals surface area contributed by atoms with Crippen LogP contribution in [0.1, 0.15) is 18.2 Å². The average molecular weight is 251 g/mol. The van der Waals surface area contributed by atoms with Gasteiger partial charge in [-0.2, -0.15) is 0 Å². The summed E-state index contributed by atoms with van der Waals surface area (Å²) in [6, 6.07) is 0.720. The molecule has 96 valence electrons. The first-order valence-corrected chi connectivity index (χ1v) is 5.54. The zero-order valence-electron chi connectivity index (χ0n) is 9.87. The third-order valence-corrected chi connectivity index (χ3v) is 2.90. The lowest BCUT2D eigenvalue weighted by Gasteiger charge is -2.15. The number of likely N-dealkylation sites (tertiary alicyclic amines) is 1. The number of nitrogens with zero attached hydrogens (tertiary/aromatic N) is 3. The van der Waals surface area contributed by atoms with Gasteiger partial charge in [0.15, 0.2) is 0 Å². The molecule has 0 saturated carbocycles. The van der Waals surface area contributed by atoms with Crippen molar-refractivity contribution in [3.63, 3.8) is 0 Å². The molecule has 1 aromatic heterocycles. The van der Waals surface area contributed by atoms with E-state index in [-0.39, 0.29) is 18.0 Å². The molecule has 1 aliphatic heterocycles. The van der Waals surface area contributed by atoms with Gasteiger partial charge in [0, 0.05) is 18.3 Å². The Hall–Kier alpha value is -2.18. The predicted molar refractivity (Wildman–Crippen MR) is 61.1 cm³/mol. The molecule has 0 bridgehead atoms. The Morgan fingerprint density at radius 3 is 2.89 bits per heavy atom. The van der Waals surface area contributed by atoms with Crippen LogP contribution in [0.2, 0.25) is 0 Å². The SMILES string of the molecule is Cc1cc(=O)n(C2CCN(CC(=O)O)C2=O)cn1. The van der Waals surface area contributed by atoms with Crippen LogP contribution in [0.5, 0.6) is 0 Å². The van der Waals surface area contributed by atoms with Gasteiger partial charge in [-0.3, -0.25) is 19.0 Å². The molecule has 1 fully saturated rings. The van der Waals surface area contributed by atoms with Crippen molar-refractivity contribution >= 4 is 11.9 Å². The van der Waals surface area contributed by atoms with E-state index in [1.165, 1.54) is 21.9 Å². The quantitative estimate of drug-likeness (QED) is 0.775. The number of carboxylic acids is 1. The standard InChI is InChI=1S/C11H13N3O4/c1-7-4-9(15)14(6-12-7)8-2-3-13(11(8)18)5-10(16)17/h4,6,8H,2-3,5H2,1H3,(H,16,17). The molecule has 1 aromatic rings. The molecule has 2 rings (SSSR count). The Labute approximate surface area is 103 Å². The van der Waals surface area contributed by atoms with Crippen LogP contribution in [0.4, 0.5) is 0 Å². The summed E-state index contributed by atoms with van der Waals surface area (Å²) in [7, 11) is 0. The lowest BCUT2D eigenvalue weighted by molar-refractivity contribution is -0.143. The van der Waals surface area contributed by atoms with Gasteiger partial charge in [-0.1, -0.05) is 0 Å². The van der Waals surface area contributed by atoms with Crippen LogP contribution in [0, 0.1) is 6.92 Å². The van der Waals surface area contributed by atoms with Gasteiger partial charge >= 0.3 is 5.97 Å². The number of carbonyl (C=O) groups is 2. The van der Waals surface area contributed by atoms with Crippen molar-refractivity contribution in [2.75, 3.05) is 13.1 Å². The smallest absolute Gasteiger partial charge is 0.323 e. The molecule has 1 atom stereocenters. The fourth-order valence-corrected chi connectivity index (χ4v) is 2.04. The predicted octanol–water partition coefficient (Wildman–Crippen LogP) is -0.590. The summed E-state index contributed by atoms with van der Waals surface area (Å²) in [5.41, 5.74) is 0.294. The summed E-state index contributed by atoms with van der Waals surface area (Å²) in [6.45, 7) is 1.71. The van der Waals surface area contributed by atoms with Gasteiger partial charge in [0.2, 0.25) is 5.91 Å². The van der Waals surface area contributed by atoms with Gasteiger partial charge in [-0.05, 0) is 13.3 Å². The van der Waals surface area contributed by atoms with E-state index in [1.807, 2.05) is 0 Å². The van der Waals surface area contributed by atoms with Crippen LogP contribution in [0.15, 0.2) is 17.2 Å². The second-order valence-corrected chi connectivity index (χ2v) is 4.23. The number of aromatic nitrogens is 2. The minimum absolute atomic E-state index is 0.293. The van der Waals surface area contributed by atoms with Crippen molar-refractivity contribution in [2.24, 2.45) is 0 Å². The topological polar surface area (TPSA) is 92.5 Å². The van der Waals surface area contributed by atoms with E-state index < -0.39 is 12.0 Å². The highest BCUT2D eigenvalue weighted by Crippen LogP contribution is 2.21. The van der Waals surface area contributed by atoms with E-state index in [0.29, 0.717) is 18.7 Å². The summed E-state index contributed by atoms with van der Waals surface area (Å²) in [6.07, 6.45) is 1.77. The Morgan fingerprint density at radius 2 is 2.28 bits per heavy atom. The first-order valence-electron chi connectivity index (χ1n) is 5.54. The Kier molecular flexibility index (Phi) is 3.14. The van der Waals surface area contributed by atoms with E-state index in [1.54, 1.807) is 6.92 Å². The molecule has 1 unspecified atom stereocenters. The normalized spacial score (nSPS) is 19.3. The number of amides is 1. The number of aryl methyl sites for hydroxylation is 1. The third kappa shape index (κ3) is 2.24. The summed E-state index contributed by atoms with van der Waals surface area (Å²) < 4.78 is 1.26. The van der Waals surface area contributed by atoms with Crippen LogP contribution >= 0.6 is 0 Å². The molecule has 0 aliphatic carbocycles. The fraction of sp³-hybridized carbons (Fsp3) is 0.455. The molecule has 1 N–H and O–H groups in total. The van der Waals surface area contributed by atoms with Crippen molar-refractivity contribution in [3.05, 3.63) is 28.4 Å². The van der Waals surface area contributed by atoms with Crippen LogP contribution in [-0.2, 0) is 9.59 Å². The van der Waals surface area contributed by atoms with Crippen molar-refractivity contribution < 1.29 is 14.7 Å². The fourth-order valence-electron chi connectivity index (χ4n) is 2.04. The monoisotopic (exact) mass is 251 g/mol. The molecule has 0 aromatic carbocycles. The minimum Gasteiger partial charge on any atom is -0.480 e. The maximum absolute atomic E-state index is 12.0. The molecular formula is C11H13N3O4. The number of carbonyl (C=O) groups excluding carboxylic acids is 1. The molecule has 1 aliphatic rings.